The standard InChI is InChI=1S/C20H20N4O/c25-20(14-7-9-17-18(12-14)22-23-21-17)24-11-3-6-16-15-5-2-1-4-13(15)8-10-19(16)24/h1-2,4-5,7,9,12,16,19H,3,6,8,10-11H2,(H,21,22,23)/t16-,19+/m1/s1. The molecule has 1 fully saturated rings. The van der Waals surface area contributed by atoms with Gasteiger partial charge in [0.05, 0.1) is 0 Å². The van der Waals surface area contributed by atoms with E-state index in [1.807, 2.05) is 18.2 Å². The molecule has 2 atom stereocenters. The molecular formula is C20H20N4O. The van der Waals surface area contributed by atoms with Gasteiger partial charge in [-0.05, 0) is 55.0 Å². The first-order chi connectivity index (χ1) is 12.3. The number of carbonyl (C=O) groups excluding carboxylic acids is 1. The Morgan fingerprint density at radius 2 is 1.96 bits per heavy atom. The molecule has 1 saturated heterocycles. The van der Waals surface area contributed by atoms with Crippen LogP contribution in [-0.4, -0.2) is 38.8 Å². The molecule has 1 amide bonds. The molecule has 0 unspecified atom stereocenters. The molecule has 2 aromatic carbocycles. The van der Waals surface area contributed by atoms with E-state index in [1.54, 1.807) is 0 Å². The van der Waals surface area contributed by atoms with Gasteiger partial charge in [-0.15, -0.1) is 0 Å². The highest BCUT2D eigenvalue weighted by atomic mass is 16.2. The van der Waals surface area contributed by atoms with E-state index in [-0.39, 0.29) is 5.91 Å². The van der Waals surface area contributed by atoms with Crippen molar-refractivity contribution in [3.05, 3.63) is 59.2 Å². The normalized spacial score (nSPS) is 22.5. The van der Waals surface area contributed by atoms with Crippen molar-refractivity contribution in [3.8, 4) is 0 Å². The lowest BCUT2D eigenvalue weighted by Crippen LogP contribution is -2.49. The zero-order valence-electron chi connectivity index (χ0n) is 14.0. The number of likely N-dealkylation sites (tertiary alicyclic amines) is 1. The first kappa shape index (κ1) is 14.6. The van der Waals surface area contributed by atoms with E-state index in [1.165, 1.54) is 17.5 Å². The van der Waals surface area contributed by atoms with Gasteiger partial charge in [-0.25, -0.2) is 0 Å². The second-order valence-corrected chi connectivity index (χ2v) is 7.08. The number of amides is 1. The minimum Gasteiger partial charge on any atom is -0.335 e. The number of rotatable bonds is 1. The lowest BCUT2D eigenvalue weighted by atomic mass is 9.74. The molecule has 1 N–H and O–H groups in total. The van der Waals surface area contributed by atoms with Gasteiger partial charge < -0.3 is 4.90 Å². The SMILES string of the molecule is O=C(c1ccc2n[nH]nc2c1)N1CCC[C@@H]2c3ccccc3CC[C@@H]21. The summed E-state index contributed by atoms with van der Waals surface area (Å²) in [6.07, 6.45) is 4.35. The third-order valence-electron chi connectivity index (χ3n) is 5.77. The van der Waals surface area contributed by atoms with Gasteiger partial charge in [-0.1, -0.05) is 24.3 Å². The molecule has 1 aliphatic carbocycles. The first-order valence-electron chi connectivity index (χ1n) is 9.00. The number of aryl methyl sites for hydroxylation is 1. The number of hydrogen-bond donors (Lipinski definition) is 1. The Morgan fingerprint density at radius 1 is 1.08 bits per heavy atom. The number of aromatic nitrogens is 3. The molecule has 126 valence electrons. The van der Waals surface area contributed by atoms with Crippen molar-refractivity contribution < 1.29 is 4.79 Å². The zero-order chi connectivity index (χ0) is 16.8. The van der Waals surface area contributed by atoms with Crippen molar-refractivity contribution in [2.75, 3.05) is 6.54 Å². The highest BCUT2D eigenvalue weighted by Gasteiger charge is 2.38. The summed E-state index contributed by atoms with van der Waals surface area (Å²) in [4.78, 5) is 15.3. The molecule has 1 aliphatic heterocycles. The number of hydrogen-bond acceptors (Lipinski definition) is 3. The number of carbonyl (C=O) groups is 1. The molecular weight excluding hydrogens is 312 g/mol. The van der Waals surface area contributed by atoms with E-state index >= 15 is 0 Å². The van der Waals surface area contributed by atoms with Gasteiger partial charge in [0.2, 0.25) is 0 Å². The minimum absolute atomic E-state index is 0.124. The van der Waals surface area contributed by atoms with E-state index in [0.717, 1.165) is 36.8 Å². The number of aromatic amines is 1. The highest BCUT2D eigenvalue weighted by molar-refractivity contribution is 5.97. The Labute approximate surface area is 146 Å². The van der Waals surface area contributed by atoms with Crippen molar-refractivity contribution >= 4 is 16.9 Å². The summed E-state index contributed by atoms with van der Waals surface area (Å²) in [7, 11) is 0. The van der Waals surface area contributed by atoms with Crippen LogP contribution in [0.15, 0.2) is 42.5 Å². The van der Waals surface area contributed by atoms with Crippen molar-refractivity contribution in [1.29, 1.82) is 0 Å². The van der Waals surface area contributed by atoms with Crippen molar-refractivity contribution in [2.45, 2.75) is 37.6 Å². The van der Waals surface area contributed by atoms with Crippen LogP contribution < -0.4 is 0 Å². The zero-order valence-corrected chi connectivity index (χ0v) is 14.0. The Kier molecular flexibility index (Phi) is 3.33. The third kappa shape index (κ3) is 2.34. The minimum atomic E-state index is 0.124. The first-order valence-corrected chi connectivity index (χ1v) is 9.00. The van der Waals surface area contributed by atoms with Gasteiger partial charge in [0, 0.05) is 24.1 Å². The summed E-state index contributed by atoms with van der Waals surface area (Å²) in [6.45, 7) is 0.846. The van der Waals surface area contributed by atoms with Crippen molar-refractivity contribution in [2.24, 2.45) is 0 Å². The number of nitrogens with one attached hydrogen (secondary N) is 1. The van der Waals surface area contributed by atoms with E-state index in [2.05, 4.69) is 44.6 Å². The Morgan fingerprint density at radius 3 is 2.92 bits per heavy atom. The van der Waals surface area contributed by atoms with Gasteiger partial charge in [0.25, 0.3) is 5.91 Å². The molecule has 0 bridgehead atoms. The molecule has 1 aromatic heterocycles. The Bertz CT molecular complexity index is 948. The summed E-state index contributed by atoms with van der Waals surface area (Å²) in [5.41, 5.74) is 5.15. The van der Waals surface area contributed by atoms with Crippen LogP contribution in [0.3, 0.4) is 0 Å². The molecule has 2 heterocycles. The fourth-order valence-electron chi connectivity index (χ4n) is 4.60. The van der Waals surface area contributed by atoms with Crippen LogP contribution in [0, 0.1) is 0 Å². The average molecular weight is 332 g/mol. The predicted octanol–water partition coefficient (Wildman–Crippen LogP) is 3.29. The molecule has 3 aromatic rings. The van der Waals surface area contributed by atoms with E-state index in [9.17, 15) is 4.79 Å². The Hall–Kier alpha value is -2.69. The second kappa shape index (κ2) is 5.69. The fraction of sp³-hybridized carbons (Fsp3) is 0.350. The van der Waals surface area contributed by atoms with E-state index in [4.69, 9.17) is 0 Å². The van der Waals surface area contributed by atoms with Gasteiger partial charge in [0.15, 0.2) is 0 Å². The van der Waals surface area contributed by atoms with Gasteiger partial charge in [-0.3, -0.25) is 4.79 Å². The summed E-state index contributed by atoms with van der Waals surface area (Å²) in [5, 5.41) is 10.8. The average Bonchev–Trinajstić information content (AvgIpc) is 3.14. The summed E-state index contributed by atoms with van der Waals surface area (Å²) < 4.78 is 0. The number of benzene rings is 2. The van der Waals surface area contributed by atoms with Crippen molar-refractivity contribution in [3.63, 3.8) is 0 Å². The molecule has 5 rings (SSSR count). The van der Waals surface area contributed by atoms with Gasteiger partial charge >= 0.3 is 0 Å². The monoisotopic (exact) mass is 332 g/mol. The lowest BCUT2D eigenvalue weighted by molar-refractivity contribution is 0.0547. The molecule has 0 radical (unpaired) electrons. The second-order valence-electron chi connectivity index (χ2n) is 7.08. The molecule has 0 spiro atoms. The maximum atomic E-state index is 13.2. The number of nitrogens with zero attached hydrogens (tertiary/aromatic N) is 3. The van der Waals surface area contributed by atoms with Crippen LogP contribution in [0.2, 0.25) is 0 Å². The molecule has 2 aliphatic rings. The van der Waals surface area contributed by atoms with Crippen LogP contribution in [0.4, 0.5) is 0 Å². The lowest BCUT2D eigenvalue weighted by Gasteiger charge is -2.45. The van der Waals surface area contributed by atoms with Crippen LogP contribution >= 0.6 is 0 Å². The predicted molar refractivity (Wildman–Crippen MR) is 95.5 cm³/mol. The van der Waals surface area contributed by atoms with E-state index in [0.29, 0.717) is 17.5 Å². The van der Waals surface area contributed by atoms with Crippen LogP contribution in [-0.2, 0) is 6.42 Å². The summed E-state index contributed by atoms with van der Waals surface area (Å²) in [5.74, 6) is 0.595. The smallest absolute Gasteiger partial charge is 0.254 e. The van der Waals surface area contributed by atoms with Crippen LogP contribution in [0.25, 0.3) is 11.0 Å². The molecule has 25 heavy (non-hydrogen) atoms. The van der Waals surface area contributed by atoms with Gasteiger partial charge in [0.1, 0.15) is 11.0 Å². The van der Waals surface area contributed by atoms with Crippen molar-refractivity contribution in [1.82, 2.24) is 20.3 Å². The third-order valence-corrected chi connectivity index (χ3v) is 5.77. The largest absolute Gasteiger partial charge is 0.335 e. The fourth-order valence-corrected chi connectivity index (χ4v) is 4.60. The maximum absolute atomic E-state index is 13.2. The highest BCUT2D eigenvalue weighted by Crippen LogP contribution is 2.41. The molecule has 0 saturated carbocycles. The molecule has 5 heteroatoms. The number of fused-ring (bicyclic) bond motifs is 4. The van der Waals surface area contributed by atoms with Crippen LogP contribution in [0.1, 0.15) is 46.7 Å². The van der Waals surface area contributed by atoms with Crippen LogP contribution in [0.5, 0.6) is 0 Å². The van der Waals surface area contributed by atoms with Gasteiger partial charge in [-0.2, -0.15) is 15.4 Å². The number of H-pyrrole nitrogens is 1. The topological polar surface area (TPSA) is 61.9 Å². The maximum Gasteiger partial charge on any atom is 0.254 e. The quantitative estimate of drug-likeness (QED) is 0.744. The van der Waals surface area contributed by atoms with E-state index < -0.39 is 0 Å². The number of piperidine rings is 1. The molecule has 5 nitrogen and oxygen atoms in total. The summed E-state index contributed by atoms with van der Waals surface area (Å²) in [6, 6.07) is 14.6. The summed E-state index contributed by atoms with van der Waals surface area (Å²) >= 11 is 0. The Balaban J connectivity index is 1.48.